The number of carbonyl (C=O) groups is 2. The van der Waals surface area contributed by atoms with E-state index in [2.05, 4.69) is 5.32 Å². The fourth-order valence-electron chi connectivity index (χ4n) is 3.14. The summed E-state index contributed by atoms with van der Waals surface area (Å²) >= 11 is 0. The number of nitrogens with one attached hydrogen (secondary N) is 1. The number of hydrogen-bond acceptors (Lipinski definition) is 5. The lowest BCUT2D eigenvalue weighted by Crippen LogP contribution is -2.47. The molecule has 174 valence electrons. The number of nitrogens with zero attached hydrogens (tertiary/aromatic N) is 1. The molecule has 1 N–H and O–H groups in total. The fraction of sp³-hybridized carbons (Fsp3) is 0.440. The zero-order valence-corrected chi connectivity index (χ0v) is 19.4. The molecule has 7 heteroatoms. The molecule has 0 aromatic heterocycles. The van der Waals surface area contributed by atoms with Crippen molar-refractivity contribution in [3.05, 3.63) is 54.1 Å². The van der Waals surface area contributed by atoms with Crippen molar-refractivity contribution in [2.75, 3.05) is 27.4 Å². The minimum Gasteiger partial charge on any atom is -0.497 e. The molecule has 0 heterocycles. The molecule has 0 aliphatic carbocycles. The van der Waals surface area contributed by atoms with E-state index in [0.29, 0.717) is 26.1 Å². The topological polar surface area (TPSA) is 77.1 Å². The summed E-state index contributed by atoms with van der Waals surface area (Å²) in [5, 5.41) is 2.88. The van der Waals surface area contributed by atoms with Gasteiger partial charge in [-0.3, -0.25) is 9.59 Å². The number of carbonyl (C=O) groups excluding carboxylic acids is 2. The van der Waals surface area contributed by atoms with Crippen LogP contribution in [0.15, 0.2) is 48.5 Å². The Morgan fingerprint density at radius 1 is 0.938 bits per heavy atom. The third-order valence-electron chi connectivity index (χ3n) is 5.09. The summed E-state index contributed by atoms with van der Waals surface area (Å²) in [7, 11) is 3.22. The van der Waals surface area contributed by atoms with E-state index in [1.165, 1.54) is 0 Å². The van der Waals surface area contributed by atoms with Crippen LogP contribution < -0.4 is 19.5 Å². The second kappa shape index (κ2) is 13.2. The molecule has 0 aliphatic heterocycles. The van der Waals surface area contributed by atoms with E-state index < -0.39 is 6.04 Å². The Labute approximate surface area is 190 Å². The molecular weight excluding hydrogens is 408 g/mol. The Morgan fingerprint density at radius 2 is 1.50 bits per heavy atom. The third kappa shape index (κ3) is 7.80. The lowest BCUT2D eigenvalue weighted by molar-refractivity contribution is -0.140. The van der Waals surface area contributed by atoms with E-state index >= 15 is 0 Å². The maximum Gasteiger partial charge on any atom is 0.242 e. The van der Waals surface area contributed by atoms with Crippen molar-refractivity contribution in [3.8, 4) is 17.2 Å². The maximum atomic E-state index is 13.0. The highest BCUT2D eigenvalue weighted by Crippen LogP contribution is 2.18. The van der Waals surface area contributed by atoms with Crippen molar-refractivity contribution in [3.63, 3.8) is 0 Å². The molecule has 0 saturated heterocycles. The number of rotatable bonds is 13. The van der Waals surface area contributed by atoms with Gasteiger partial charge in [0.15, 0.2) is 0 Å². The maximum absolute atomic E-state index is 13.0. The molecule has 0 saturated carbocycles. The molecule has 0 aliphatic rings. The largest absolute Gasteiger partial charge is 0.497 e. The molecule has 2 aromatic carbocycles. The van der Waals surface area contributed by atoms with Crippen LogP contribution in [0, 0.1) is 0 Å². The van der Waals surface area contributed by atoms with Gasteiger partial charge in [0.25, 0.3) is 0 Å². The van der Waals surface area contributed by atoms with Crippen molar-refractivity contribution in [2.24, 2.45) is 0 Å². The lowest BCUT2D eigenvalue weighted by Gasteiger charge is -2.29. The van der Waals surface area contributed by atoms with Gasteiger partial charge >= 0.3 is 0 Å². The SMILES string of the molecule is CCCNC(=O)C(C)N(Cc1ccc(OC)cc1)C(=O)CCCOc1ccc(OC)cc1. The van der Waals surface area contributed by atoms with Gasteiger partial charge in [-0.15, -0.1) is 0 Å². The molecule has 32 heavy (non-hydrogen) atoms. The van der Waals surface area contributed by atoms with E-state index in [4.69, 9.17) is 14.2 Å². The molecule has 0 bridgehead atoms. The van der Waals surface area contributed by atoms with Gasteiger partial charge in [-0.1, -0.05) is 19.1 Å². The van der Waals surface area contributed by atoms with Crippen LogP contribution in [0.1, 0.15) is 38.7 Å². The Morgan fingerprint density at radius 3 is 2.06 bits per heavy atom. The van der Waals surface area contributed by atoms with E-state index in [9.17, 15) is 9.59 Å². The van der Waals surface area contributed by atoms with Crippen LogP contribution in [-0.4, -0.2) is 50.1 Å². The molecule has 1 atom stereocenters. The summed E-state index contributed by atoms with van der Waals surface area (Å²) in [4.78, 5) is 27.2. The summed E-state index contributed by atoms with van der Waals surface area (Å²) in [6.07, 6.45) is 1.68. The van der Waals surface area contributed by atoms with Crippen LogP contribution in [0.4, 0.5) is 0 Å². The predicted molar refractivity (Wildman–Crippen MR) is 124 cm³/mol. The highest BCUT2D eigenvalue weighted by Gasteiger charge is 2.25. The zero-order valence-electron chi connectivity index (χ0n) is 19.4. The zero-order chi connectivity index (χ0) is 23.3. The highest BCUT2D eigenvalue weighted by atomic mass is 16.5. The van der Waals surface area contributed by atoms with Crippen LogP contribution in [0.25, 0.3) is 0 Å². The molecule has 7 nitrogen and oxygen atoms in total. The molecule has 2 aromatic rings. The number of hydrogen-bond donors (Lipinski definition) is 1. The Kier molecular flexibility index (Phi) is 10.4. The number of benzene rings is 2. The first-order valence-electron chi connectivity index (χ1n) is 11.0. The standard InChI is InChI=1S/C25H34N2O5/c1-5-16-26-25(29)19(2)27(18-20-8-10-21(30-3)11-9-20)24(28)7-6-17-32-23-14-12-22(31-4)13-15-23/h8-15,19H,5-7,16-18H2,1-4H3,(H,26,29). The molecule has 0 spiro atoms. The van der Waals surface area contributed by atoms with Crippen molar-refractivity contribution in [1.29, 1.82) is 0 Å². The Balaban J connectivity index is 1.97. The van der Waals surface area contributed by atoms with E-state index in [-0.39, 0.29) is 18.2 Å². The average Bonchev–Trinajstić information content (AvgIpc) is 2.83. The lowest BCUT2D eigenvalue weighted by atomic mass is 10.1. The van der Waals surface area contributed by atoms with E-state index in [1.807, 2.05) is 55.5 Å². The number of amides is 2. The number of ether oxygens (including phenoxy) is 3. The molecule has 2 amide bonds. The first-order chi connectivity index (χ1) is 15.5. The van der Waals surface area contributed by atoms with Gasteiger partial charge < -0.3 is 24.4 Å². The highest BCUT2D eigenvalue weighted by molar-refractivity contribution is 5.87. The minimum atomic E-state index is -0.571. The molecule has 1 unspecified atom stereocenters. The van der Waals surface area contributed by atoms with E-state index in [0.717, 1.165) is 29.2 Å². The monoisotopic (exact) mass is 442 g/mol. The normalized spacial score (nSPS) is 11.4. The third-order valence-corrected chi connectivity index (χ3v) is 5.09. The van der Waals surface area contributed by atoms with Crippen LogP contribution in [0.3, 0.4) is 0 Å². The van der Waals surface area contributed by atoms with Gasteiger partial charge in [-0.2, -0.15) is 0 Å². The smallest absolute Gasteiger partial charge is 0.242 e. The first kappa shape index (κ1) is 25.0. The Hall–Kier alpha value is -3.22. The number of methoxy groups -OCH3 is 2. The van der Waals surface area contributed by atoms with E-state index in [1.54, 1.807) is 26.0 Å². The predicted octanol–water partition coefficient (Wildman–Crippen LogP) is 3.81. The second-order valence-corrected chi connectivity index (χ2v) is 7.46. The molecule has 0 radical (unpaired) electrons. The van der Waals surface area contributed by atoms with Crippen LogP contribution in [-0.2, 0) is 16.1 Å². The van der Waals surface area contributed by atoms with Crippen LogP contribution in [0.2, 0.25) is 0 Å². The van der Waals surface area contributed by atoms with Gasteiger partial charge in [-0.25, -0.2) is 0 Å². The Bertz CT molecular complexity index is 836. The van der Waals surface area contributed by atoms with Crippen LogP contribution >= 0.6 is 0 Å². The fourth-order valence-corrected chi connectivity index (χ4v) is 3.14. The summed E-state index contributed by atoms with van der Waals surface area (Å²) in [6.45, 7) is 5.10. The van der Waals surface area contributed by atoms with Crippen molar-refractivity contribution in [2.45, 2.75) is 45.7 Å². The minimum absolute atomic E-state index is 0.0849. The molecule has 2 rings (SSSR count). The van der Waals surface area contributed by atoms with Gasteiger partial charge in [-0.05, 0) is 61.7 Å². The molecular formula is C25H34N2O5. The average molecular weight is 443 g/mol. The van der Waals surface area contributed by atoms with Crippen LogP contribution in [0.5, 0.6) is 17.2 Å². The van der Waals surface area contributed by atoms with Gasteiger partial charge in [0.2, 0.25) is 11.8 Å². The summed E-state index contributed by atoms with van der Waals surface area (Å²) in [5.74, 6) is 2.00. The summed E-state index contributed by atoms with van der Waals surface area (Å²) < 4.78 is 16.1. The van der Waals surface area contributed by atoms with Crippen molar-refractivity contribution >= 4 is 11.8 Å². The summed E-state index contributed by atoms with van der Waals surface area (Å²) in [5.41, 5.74) is 0.934. The summed E-state index contributed by atoms with van der Waals surface area (Å²) in [6, 6.07) is 14.3. The van der Waals surface area contributed by atoms with Gasteiger partial charge in [0.1, 0.15) is 23.3 Å². The first-order valence-corrected chi connectivity index (χ1v) is 11.0. The van der Waals surface area contributed by atoms with Crippen molar-refractivity contribution < 1.29 is 23.8 Å². The van der Waals surface area contributed by atoms with Crippen molar-refractivity contribution in [1.82, 2.24) is 10.2 Å². The quantitative estimate of drug-likeness (QED) is 0.478. The molecule has 0 fully saturated rings. The van der Waals surface area contributed by atoms with Gasteiger partial charge in [0.05, 0.1) is 20.8 Å². The second-order valence-electron chi connectivity index (χ2n) is 7.46. The van der Waals surface area contributed by atoms with Gasteiger partial charge in [0, 0.05) is 19.5 Å².